The van der Waals surface area contributed by atoms with Gasteiger partial charge in [-0.25, -0.2) is 0 Å². The zero-order valence-corrected chi connectivity index (χ0v) is 15.2. The summed E-state index contributed by atoms with van der Waals surface area (Å²) in [5.41, 5.74) is 1.06. The zero-order chi connectivity index (χ0) is 16.2. The molecule has 1 aromatic rings. The fourth-order valence-corrected chi connectivity index (χ4v) is 2.89. The van der Waals surface area contributed by atoms with Gasteiger partial charge in [0.1, 0.15) is 24.2 Å². The number of aliphatic hydroxyl groups is 1. The van der Waals surface area contributed by atoms with Gasteiger partial charge in [-0.05, 0) is 57.7 Å². The van der Waals surface area contributed by atoms with E-state index in [2.05, 4.69) is 26.1 Å². The highest BCUT2D eigenvalue weighted by Crippen LogP contribution is 2.40. The predicted octanol–water partition coefficient (Wildman–Crippen LogP) is 3.60. The van der Waals surface area contributed by atoms with Gasteiger partial charge in [-0.15, -0.1) is 12.4 Å². The lowest BCUT2D eigenvalue weighted by molar-refractivity contribution is 0.0993. The highest BCUT2D eigenvalue weighted by Gasteiger charge is 2.22. The van der Waals surface area contributed by atoms with E-state index in [1.807, 2.05) is 12.1 Å². The van der Waals surface area contributed by atoms with Crippen LogP contribution in [0.15, 0.2) is 18.2 Å². The standard InChI is InChI=1S/C18H29NO3.ClH/c1-18(2,3)19-11-15(21)12-22-17-9-8-14(20)10-16(17)13-6-4-5-7-13;/h8-10,13,15,19-21H,4-7,11-12H2,1-3H3;1H/t15-;/m0./s1. The molecule has 1 aliphatic rings. The number of hydrogen-bond acceptors (Lipinski definition) is 4. The topological polar surface area (TPSA) is 61.7 Å². The number of phenols is 1. The van der Waals surface area contributed by atoms with Crippen LogP contribution in [0, 0.1) is 0 Å². The van der Waals surface area contributed by atoms with Crippen molar-refractivity contribution in [3.05, 3.63) is 23.8 Å². The molecule has 0 bridgehead atoms. The van der Waals surface area contributed by atoms with Gasteiger partial charge in [0.05, 0.1) is 0 Å². The van der Waals surface area contributed by atoms with E-state index >= 15 is 0 Å². The van der Waals surface area contributed by atoms with Crippen LogP contribution in [0.3, 0.4) is 0 Å². The molecule has 1 aliphatic carbocycles. The molecule has 0 amide bonds. The minimum Gasteiger partial charge on any atom is -0.508 e. The number of ether oxygens (including phenoxy) is 1. The molecule has 0 unspecified atom stereocenters. The first-order valence-electron chi connectivity index (χ1n) is 8.24. The van der Waals surface area contributed by atoms with Gasteiger partial charge in [0.2, 0.25) is 0 Å². The Balaban J connectivity index is 0.00000264. The van der Waals surface area contributed by atoms with Crippen LogP contribution >= 0.6 is 12.4 Å². The summed E-state index contributed by atoms with van der Waals surface area (Å²) in [5, 5.41) is 23.0. The van der Waals surface area contributed by atoms with E-state index in [1.165, 1.54) is 12.8 Å². The largest absolute Gasteiger partial charge is 0.508 e. The summed E-state index contributed by atoms with van der Waals surface area (Å²) in [5.74, 6) is 1.54. The summed E-state index contributed by atoms with van der Waals surface area (Å²) in [6.07, 6.45) is 4.21. The van der Waals surface area contributed by atoms with Gasteiger partial charge in [-0.1, -0.05) is 12.8 Å². The number of benzene rings is 1. The summed E-state index contributed by atoms with van der Waals surface area (Å²) in [4.78, 5) is 0. The van der Waals surface area contributed by atoms with E-state index in [1.54, 1.807) is 6.07 Å². The molecule has 132 valence electrons. The molecule has 0 aromatic heterocycles. The molecule has 2 rings (SSSR count). The van der Waals surface area contributed by atoms with Crippen LogP contribution in [-0.2, 0) is 0 Å². The molecule has 0 saturated heterocycles. The molecule has 0 aliphatic heterocycles. The fraction of sp³-hybridized carbons (Fsp3) is 0.667. The Morgan fingerprint density at radius 3 is 2.52 bits per heavy atom. The fourth-order valence-electron chi connectivity index (χ4n) is 2.89. The third kappa shape index (κ3) is 6.58. The van der Waals surface area contributed by atoms with Crippen LogP contribution in [0.1, 0.15) is 57.9 Å². The first-order valence-corrected chi connectivity index (χ1v) is 8.24. The average Bonchev–Trinajstić information content (AvgIpc) is 2.97. The molecule has 0 spiro atoms. The number of β-amino-alcohol motifs (C(OH)–C–C–N with tert-alkyl or cyclic N) is 1. The Hall–Kier alpha value is -0.970. The second-order valence-electron chi connectivity index (χ2n) is 7.30. The summed E-state index contributed by atoms with van der Waals surface area (Å²) >= 11 is 0. The maximum absolute atomic E-state index is 10.0. The lowest BCUT2D eigenvalue weighted by Gasteiger charge is -2.23. The van der Waals surface area contributed by atoms with E-state index in [4.69, 9.17) is 4.74 Å². The van der Waals surface area contributed by atoms with Gasteiger partial charge in [-0.2, -0.15) is 0 Å². The molecule has 1 fully saturated rings. The first kappa shape index (κ1) is 20.1. The van der Waals surface area contributed by atoms with E-state index in [0.29, 0.717) is 12.5 Å². The second kappa shape index (κ2) is 8.76. The number of halogens is 1. The number of nitrogens with one attached hydrogen (secondary N) is 1. The van der Waals surface area contributed by atoms with Crippen molar-refractivity contribution < 1.29 is 14.9 Å². The number of rotatable bonds is 6. The maximum atomic E-state index is 10.0. The van der Waals surface area contributed by atoms with E-state index in [-0.39, 0.29) is 30.3 Å². The van der Waals surface area contributed by atoms with Crippen LogP contribution in [0.2, 0.25) is 0 Å². The smallest absolute Gasteiger partial charge is 0.123 e. The highest BCUT2D eigenvalue weighted by atomic mass is 35.5. The third-order valence-electron chi connectivity index (χ3n) is 4.09. The van der Waals surface area contributed by atoms with Crippen LogP contribution < -0.4 is 10.1 Å². The SMILES string of the molecule is CC(C)(C)NC[C@H](O)COc1ccc(O)cc1C1CCCC1.Cl. The molecule has 5 heteroatoms. The molecule has 0 radical (unpaired) electrons. The Bertz CT molecular complexity index is 482. The Morgan fingerprint density at radius 2 is 1.91 bits per heavy atom. The summed E-state index contributed by atoms with van der Waals surface area (Å²) in [6.45, 7) is 6.96. The number of phenolic OH excluding ortho intramolecular Hbond substituents is 1. The van der Waals surface area contributed by atoms with E-state index < -0.39 is 6.10 Å². The minimum absolute atomic E-state index is 0. The average molecular weight is 344 g/mol. The maximum Gasteiger partial charge on any atom is 0.123 e. The predicted molar refractivity (Wildman–Crippen MR) is 95.8 cm³/mol. The van der Waals surface area contributed by atoms with Gasteiger partial charge in [0.25, 0.3) is 0 Å². The molecular weight excluding hydrogens is 314 g/mol. The van der Waals surface area contributed by atoms with Gasteiger partial charge in [0.15, 0.2) is 0 Å². The molecule has 0 heterocycles. The van der Waals surface area contributed by atoms with Crippen LogP contribution in [0.25, 0.3) is 0 Å². The van der Waals surface area contributed by atoms with Gasteiger partial charge < -0.3 is 20.3 Å². The Morgan fingerprint density at radius 1 is 1.26 bits per heavy atom. The minimum atomic E-state index is -0.551. The van der Waals surface area contributed by atoms with Crippen molar-refractivity contribution in [3.8, 4) is 11.5 Å². The molecule has 1 atom stereocenters. The van der Waals surface area contributed by atoms with Crippen LogP contribution in [0.4, 0.5) is 0 Å². The summed E-state index contributed by atoms with van der Waals surface area (Å²) in [7, 11) is 0. The second-order valence-corrected chi connectivity index (χ2v) is 7.30. The first-order chi connectivity index (χ1) is 10.3. The molecule has 1 aromatic carbocycles. The lowest BCUT2D eigenvalue weighted by Crippen LogP contribution is -2.42. The van der Waals surface area contributed by atoms with Crippen molar-refractivity contribution in [1.29, 1.82) is 0 Å². The normalized spacial score (nSPS) is 16.9. The van der Waals surface area contributed by atoms with Crippen molar-refractivity contribution in [2.45, 2.75) is 64.0 Å². The molecule has 23 heavy (non-hydrogen) atoms. The third-order valence-corrected chi connectivity index (χ3v) is 4.09. The Labute approximate surface area is 145 Å². The van der Waals surface area contributed by atoms with E-state index in [0.717, 1.165) is 24.2 Å². The van der Waals surface area contributed by atoms with Crippen LogP contribution in [-0.4, -0.2) is 35.0 Å². The quantitative estimate of drug-likeness (QED) is 0.738. The van der Waals surface area contributed by atoms with Crippen LogP contribution in [0.5, 0.6) is 11.5 Å². The van der Waals surface area contributed by atoms with Crippen molar-refractivity contribution in [2.24, 2.45) is 0 Å². The number of aliphatic hydroxyl groups excluding tert-OH is 1. The van der Waals surface area contributed by atoms with Crippen molar-refractivity contribution >= 4 is 12.4 Å². The van der Waals surface area contributed by atoms with Crippen molar-refractivity contribution in [3.63, 3.8) is 0 Å². The summed E-state index contributed by atoms with van der Waals surface area (Å²) in [6, 6.07) is 5.27. The number of aromatic hydroxyl groups is 1. The van der Waals surface area contributed by atoms with Gasteiger partial charge in [0, 0.05) is 17.6 Å². The molecule has 4 nitrogen and oxygen atoms in total. The monoisotopic (exact) mass is 343 g/mol. The van der Waals surface area contributed by atoms with Gasteiger partial charge >= 0.3 is 0 Å². The Kier molecular flexibility index (Phi) is 7.65. The highest BCUT2D eigenvalue weighted by molar-refractivity contribution is 5.85. The van der Waals surface area contributed by atoms with Crippen molar-refractivity contribution in [1.82, 2.24) is 5.32 Å². The van der Waals surface area contributed by atoms with Crippen molar-refractivity contribution in [2.75, 3.05) is 13.2 Å². The van der Waals surface area contributed by atoms with E-state index in [9.17, 15) is 10.2 Å². The molecule has 1 saturated carbocycles. The lowest BCUT2D eigenvalue weighted by atomic mass is 9.96. The van der Waals surface area contributed by atoms with Gasteiger partial charge in [-0.3, -0.25) is 0 Å². The molecule has 3 N–H and O–H groups in total. The molecular formula is C18H30ClNO3. The zero-order valence-electron chi connectivity index (χ0n) is 14.3. The summed E-state index contributed by atoms with van der Waals surface area (Å²) < 4.78 is 5.83. The number of hydrogen-bond donors (Lipinski definition) is 3.